The molecule has 0 rings (SSSR count). The van der Waals surface area contributed by atoms with Crippen LogP contribution in [0.15, 0.2) is 12.2 Å². The molecule has 0 bridgehead atoms. The van der Waals surface area contributed by atoms with Gasteiger partial charge in [0.05, 0.1) is 13.2 Å². The van der Waals surface area contributed by atoms with Crippen LogP contribution < -0.4 is 10.6 Å². The van der Waals surface area contributed by atoms with E-state index in [9.17, 15) is 19.2 Å². The van der Waals surface area contributed by atoms with Gasteiger partial charge in [-0.1, -0.05) is 219 Å². The lowest BCUT2D eigenvalue weighted by Crippen LogP contribution is -2.47. The van der Waals surface area contributed by atoms with Crippen LogP contribution >= 0.6 is 0 Å². The summed E-state index contributed by atoms with van der Waals surface area (Å²) in [6, 6.07) is -1.38. The summed E-state index contributed by atoms with van der Waals surface area (Å²) in [6.45, 7) is 3.52. The lowest BCUT2D eigenvalue weighted by Gasteiger charge is -2.18. The van der Waals surface area contributed by atoms with Gasteiger partial charge >= 0.3 is 11.9 Å². The second kappa shape index (κ2) is 48.0. The van der Waals surface area contributed by atoms with E-state index in [2.05, 4.69) is 36.6 Å². The van der Waals surface area contributed by atoms with Crippen molar-refractivity contribution in [3.8, 4) is 0 Å². The number of carboxylic acid groups (broad SMARTS) is 1. The molecule has 2 amide bonds. The van der Waals surface area contributed by atoms with Crippen LogP contribution in [0.4, 0.5) is 0 Å². The van der Waals surface area contributed by atoms with Crippen LogP contribution in [0, 0.1) is 0 Å². The van der Waals surface area contributed by atoms with Crippen LogP contribution in [0.2, 0.25) is 0 Å². The number of ether oxygens (including phenoxy) is 1. The molecule has 9 heteroatoms. The number of rotatable bonds is 49. The van der Waals surface area contributed by atoms with Gasteiger partial charge in [0, 0.05) is 12.8 Å². The number of allylic oxidation sites excluding steroid dienone is 2. The summed E-state index contributed by atoms with van der Waals surface area (Å²) < 4.78 is 6.06. The molecule has 9 nitrogen and oxygen atoms in total. The summed E-state index contributed by atoms with van der Waals surface area (Å²) in [6.07, 6.45) is 54.0. The molecule has 0 aliphatic rings. The van der Waals surface area contributed by atoms with Gasteiger partial charge in [-0.2, -0.15) is 0 Å². The quantitative estimate of drug-likeness (QED) is 0.0271. The third kappa shape index (κ3) is 44.2. The van der Waals surface area contributed by atoms with E-state index in [0.717, 1.165) is 70.6 Å². The van der Waals surface area contributed by atoms with Gasteiger partial charge in [0.1, 0.15) is 12.1 Å². The molecule has 0 aromatic carbocycles. The van der Waals surface area contributed by atoms with Gasteiger partial charge in [-0.3, -0.25) is 14.4 Å². The van der Waals surface area contributed by atoms with E-state index in [0.29, 0.717) is 19.3 Å². The first-order valence-electron chi connectivity index (χ1n) is 26.6. The first-order valence-corrected chi connectivity index (χ1v) is 26.6. The standard InChI is InChI=1S/C53H100N2O7/c1-3-5-7-9-11-13-15-17-18-19-20-21-22-23-24-26-28-30-32-37-41-45-52(59)62-48(42-38-34-31-29-27-25-16-14-12-10-8-6-4-2)43-39-35-33-36-40-44-50(57)54-46-51(58)55-49(47-56)53(60)61/h29,31,48-49,56H,3-28,30,32-47H2,1-2H3,(H,54,57)(H,55,58)(H,60,61)/b31-29-. The van der Waals surface area contributed by atoms with E-state index in [1.165, 1.54) is 173 Å². The van der Waals surface area contributed by atoms with Gasteiger partial charge in [0.25, 0.3) is 0 Å². The molecule has 0 spiro atoms. The summed E-state index contributed by atoms with van der Waals surface area (Å²) in [7, 11) is 0. The number of aliphatic carboxylic acids is 1. The molecule has 0 radical (unpaired) electrons. The second-order valence-electron chi connectivity index (χ2n) is 18.3. The van der Waals surface area contributed by atoms with Crippen molar-refractivity contribution in [2.24, 2.45) is 0 Å². The number of unbranched alkanes of at least 4 members (excludes halogenated alkanes) is 33. The Morgan fingerprint density at radius 3 is 1.27 bits per heavy atom. The van der Waals surface area contributed by atoms with E-state index in [1.807, 2.05) is 0 Å². The molecule has 0 aliphatic heterocycles. The largest absolute Gasteiger partial charge is 0.480 e. The Hall–Kier alpha value is -2.42. The van der Waals surface area contributed by atoms with Crippen molar-refractivity contribution >= 4 is 23.8 Å². The van der Waals surface area contributed by atoms with Crippen LogP contribution in [-0.4, -0.2) is 59.3 Å². The molecule has 0 fully saturated rings. The summed E-state index contributed by atoms with van der Waals surface area (Å²) in [5.74, 6) is -2.29. The van der Waals surface area contributed by atoms with Crippen molar-refractivity contribution in [3.05, 3.63) is 12.2 Å². The summed E-state index contributed by atoms with van der Waals surface area (Å²) in [5, 5.41) is 22.6. The zero-order valence-corrected chi connectivity index (χ0v) is 40.7. The van der Waals surface area contributed by atoms with Crippen molar-refractivity contribution in [3.63, 3.8) is 0 Å². The van der Waals surface area contributed by atoms with Gasteiger partial charge in [0.2, 0.25) is 11.8 Å². The Bertz CT molecular complexity index is 1050. The highest BCUT2D eigenvalue weighted by Gasteiger charge is 2.19. The Kier molecular flexibility index (Phi) is 46.2. The van der Waals surface area contributed by atoms with Gasteiger partial charge in [0.15, 0.2) is 0 Å². The maximum absolute atomic E-state index is 12.9. The number of hydrogen-bond acceptors (Lipinski definition) is 6. The maximum atomic E-state index is 12.9. The Morgan fingerprint density at radius 1 is 0.468 bits per heavy atom. The lowest BCUT2D eigenvalue weighted by molar-refractivity contribution is -0.150. The molecule has 0 heterocycles. The molecule has 62 heavy (non-hydrogen) atoms. The number of carboxylic acids is 1. The molecule has 0 saturated carbocycles. The molecule has 2 atom stereocenters. The fourth-order valence-corrected chi connectivity index (χ4v) is 8.19. The fraction of sp³-hybridized carbons (Fsp3) is 0.887. The molecule has 2 unspecified atom stereocenters. The smallest absolute Gasteiger partial charge is 0.328 e. The number of amides is 2. The van der Waals surface area contributed by atoms with Gasteiger partial charge < -0.3 is 25.6 Å². The Morgan fingerprint density at radius 2 is 0.839 bits per heavy atom. The van der Waals surface area contributed by atoms with E-state index in [-0.39, 0.29) is 24.5 Å². The average Bonchev–Trinajstić information content (AvgIpc) is 3.26. The number of esters is 1. The molecule has 4 N–H and O–H groups in total. The number of hydrogen-bond donors (Lipinski definition) is 4. The summed E-state index contributed by atoms with van der Waals surface area (Å²) >= 11 is 0. The Labute approximate surface area is 381 Å². The highest BCUT2D eigenvalue weighted by molar-refractivity contribution is 5.87. The molecule has 0 aromatic heterocycles. The Balaban J connectivity index is 4.21. The first kappa shape index (κ1) is 59.6. The van der Waals surface area contributed by atoms with Crippen LogP contribution in [0.3, 0.4) is 0 Å². The highest BCUT2D eigenvalue weighted by atomic mass is 16.5. The number of aliphatic hydroxyl groups is 1. The maximum Gasteiger partial charge on any atom is 0.328 e. The third-order valence-corrected chi connectivity index (χ3v) is 12.3. The minimum Gasteiger partial charge on any atom is -0.480 e. The van der Waals surface area contributed by atoms with Crippen molar-refractivity contribution < 1.29 is 34.1 Å². The molecule has 0 aliphatic carbocycles. The summed E-state index contributed by atoms with van der Waals surface area (Å²) in [4.78, 5) is 47.8. The normalized spacial score (nSPS) is 12.4. The predicted molar refractivity (Wildman–Crippen MR) is 259 cm³/mol. The third-order valence-electron chi connectivity index (χ3n) is 12.3. The van der Waals surface area contributed by atoms with Crippen molar-refractivity contribution in [2.45, 2.75) is 289 Å². The van der Waals surface area contributed by atoms with E-state index < -0.39 is 24.5 Å². The minimum absolute atomic E-state index is 0.0398. The molecule has 364 valence electrons. The molecule has 0 saturated heterocycles. The van der Waals surface area contributed by atoms with Crippen LogP contribution in [0.1, 0.15) is 277 Å². The zero-order chi connectivity index (χ0) is 45.4. The minimum atomic E-state index is -1.38. The lowest BCUT2D eigenvalue weighted by atomic mass is 10.0. The SMILES string of the molecule is CCCCCCCCCC/C=C\CCCC(CCCCCCCC(=O)NCC(=O)NC(CO)C(=O)O)OC(=O)CCCCCCCCCCCCCCCCCCCCCCC. The van der Waals surface area contributed by atoms with E-state index in [1.54, 1.807) is 0 Å². The van der Waals surface area contributed by atoms with E-state index in [4.69, 9.17) is 14.9 Å². The number of aliphatic hydroxyl groups excluding tert-OH is 1. The van der Waals surface area contributed by atoms with Gasteiger partial charge in [-0.05, 0) is 57.8 Å². The molecular weight excluding hydrogens is 777 g/mol. The number of nitrogens with one attached hydrogen (secondary N) is 2. The number of carbonyl (C=O) groups is 4. The van der Waals surface area contributed by atoms with Gasteiger partial charge in [-0.25, -0.2) is 4.79 Å². The fourth-order valence-electron chi connectivity index (χ4n) is 8.19. The molecular formula is C53H100N2O7. The monoisotopic (exact) mass is 877 g/mol. The summed E-state index contributed by atoms with van der Waals surface area (Å²) in [5.41, 5.74) is 0. The number of carbonyl (C=O) groups excluding carboxylic acids is 3. The second-order valence-corrected chi connectivity index (χ2v) is 18.3. The zero-order valence-electron chi connectivity index (χ0n) is 40.7. The van der Waals surface area contributed by atoms with Crippen LogP contribution in [-0.2, 0) is 23.9 Å². The first-order chi connectivity index (χ1) is 30.3. The van der Waals surface area contributed by atoms with E-state index >= 15 is 0 Å². The van der Waals surface area contributed by atoms with Crippen LogP contribution in [0.5, 0.6) is 0 Å². The molecule has 0 aromatic rings. The topological polar surface area (TPSA) is 142 Å². The highest BCUT2D eigenvalue weighted by Crippen LogP contribution is 2.19. The van der Waals surface area contributed by atoms with Crippen LogP contribution in [0.25, 0.3) is 0 Å². The average molecular weight is 877 g/mol. The van der Waals surface area contributed by atoms with Crippen molar-refractivity contribution in [1.29, 1.82) is 0 Å². The van der Waals surface area contributed by atoms with Crippen molar-refractivity contribution in [1.82, 2.24) is 10.6 Å². The van der Waals surface area contributed by atoms with Gasteiger partial charge in [-0.15, -0.1) is 0 Å². The predicted octanol–water partition coefficient (Wildman–Crippen LogP) is 14.2. The van der Waals surface area contributed by atoms with Crippen molar-refractivity contribution in [2.75, 3.05) is 13.2 Å².